The van der Waals surface area contributed by atoms with Gasteiger partial charge in [-0.1, -0.05) is 30.0 Å². The van der Waals surface area contributed by atoms with Crippen molar-refractivity contribution in [1.82, 2.24) is 25.5 Å². The van der Waals surface area contributed by atoms with Crippen LogP contribution in [-0.4, -0.2) is 51.1 Å². The Morgan fingerprint density at radius 3 is 3.17 bits per heavy atom. The van der Waals surface area contributed by atoms with Gasteiger partial charge in [0.15, 0.2) is 5.65 Å². The minimum absolute atomic E-state index is 0.0455. The average Bonchev–Trinajstić information content (AvgIpc) is 3.25. The van der Waals surface area contributed by atoms with Gasteiger partial charge in [0.05, 0.1) is 11.9 Å². The van der Waals surface area contributed by atoms with E-state index in [1.54, 1.807) is 0 Å². The largest absolute Gasteiger partial charge is 0.376 e. The van der Waals surface area contributed by atoms with Crippen LogP contribution in [0.1, 0.15) is 12.8 Å². The van der Waals surface area contributed by atoms with Crippen molar-refractivity contribution in [1.29, 1.82) is 0 Å². The molecule has 1 atom stereocenters. The van der Waals surface area contributed by atoms with Gasteiger partial charge in [0.25, 0.3) is 0 Å². The molecule has 0 radical (unpaired) electrons. The van der Waals surface area contributed by atoms with Crippen LogP contribution in [0, 0.1) is 0 Å². The van der Waals surface area contributed by atoms with Gasteiger partial charge in [-0.05, 0) is 18.9 Å². The second-order valence-corrected chi connectivity index (χ2v) is 6.63. The number of rotatable bonds is 5. The molecule has 8 heteroatoms. The molecular weight excluding hydrogens is 326 g/mol. The quantitative estimate of drug-likeness (QED) is 0.687. The zero-order chi connectivity index (χ0) is 16.4. The number of benzene rings is 1. The Kier molecular flexibility index (Phi) is 4.31. The van der Waals surface area contributed by atoms with E-state index >= 15 is 0 Å². The molecule has 1 saturated heterocycles. The zero-order valence-corrected chi connectivity index (χ0v) is 13.8. The highest BCUT2D eigenvalue weighted by molar-refractivity contribution is 7.99. The lowest BCUT2D eigenvalue weighted by Gasteiger charge is -2.10. The highest BCUT2D eigenvalue weighted by Crippen LogP contribution is 2.23. The summed E-state index contributed by atoms with van der Waals surface area (Å²) in [6, 6.07) is 7.87. The van der Waals surface area contributed by atoms with Crippen molar-refractivity contribution in [3.05, 3.63) is 24.3 Å². The number of aromatic amines is 1. The molecule has 1 aliphatic heterocycles. The lowest BCUT2D eigenvalue weighted by Crippen LogP contribution is -2.32. The van der Waals surface area contributed by atoms with Gasteiger partial charge in [-0.3, -0.25) is 4.79 Å². The fourth-order valence-corrected chi connectivity index (χ4v) is 3.40. The third-order valence-electron chi connectivity index (χ3n) is 3.99. The molecule has 3 aromatic rings. The normalized spacial score (nSPS) is 17.6. The number of para-hydroxylation sites is 1. The molecule has 1 aliphatic rings. The van der Waals surface area contributed by atoms with E-state index in [0.29, 0.717) is 17.3 Å². The molecule has 2 N–H and O–H groups in total. The van der Waals surface area contributed by atoms with E-state index in [9.17, 15) is 4.79 Å². The summed E-state index contributed by atoms with van der Waals surface area (Å²) in [5.41, 5.74) is 2.41. The van der Waals surface area contributed by atoms with Crippen LogP contribution in [0.15, 0.2) is 29.4 Å². The topological polar surface area (TPSA) is 92.8 Å². The number of amides is 1. The summed E-state index contributed by atoms with van der Waals surface area (Å²) in [5.74, 6) is 0.219. The number of fused-ring (bicyclic) bond motifs is 3. The fourth-order valence-electron chi connectivity index (χ4n) is 2.78. The number of carbonyl (C=O) groups is 1. The molecule has 0 saturated carbocycles. The van der Waals surface area contributed by atoms with Crippen LogP contribution in [-0.2, 0) is 9.53 Å². The zero-order valence-electron chi connectivity index (χ0n) is 13.0. The second kappa shape index (κ2) is 6.74. The first-order valence-electron chi connectivity index (χ1n) is 7.92. The van der Waals surface area contributed by atoms with E-state index in [2.05, 4.69) is 25.5 Å². The van der Waals surface area contributed by atoms with E-state index in [0.717, 1.165) is 35.9 Å². The molecule has 4 rings (SSSR count). The standard InChI is InChI=1S/C16H17N5O2S/c22-13(17-8-10-4-3-7-23-10)9-24-16-19-15-14(20-21-16)11-5-1-2-6-12(11)18-15/h1-2,5-6,10H,3-4,7-9H2,(H,17,22)(H,18,19,21)/t10-/m0/s1. The minimum Gasteiger partial charge on any atom is -0.376 e. The molecule has 24 heavy (non-hydrogen) atoms. The maximum absolute atomic E-state index is 11.9. The first-order chi connectivity index (χ1) is 11.8. The number of thioether (sulfide) groups is 1. The summed E-state index contributed by atoms with van der Waals surface area (Å²) >= 11 is 1.28. The van der Waals surface area contributed by atoms with Gasteiger partial charge in [-0.2, -0.15) is 0 Å². The van der Waals surface area contributed by atoms with Gasteiger partial charge in [-0.15, -0.1) is 10.2 Å². The summed E-state index contributed by atoms with van der Waals surface area (Å²) in [6.45, 7) is 1.36. The number of H-pyrrole nitrogens is 1. The van der Waals surface area contributed by atoms with E-state index < -0.39 is 0 Å². The van der Waals surface area contributed by atoms with Crippen molar-refractivity contribution in [2.45, 2.75) is 24.1 Å². The summed E-state index contributed by atoms with van der Waals surface area (Å²) in [7, 11) is 0. The van der Waals surface area contributed by atoms with E-state index in [1.807, 2.05) is 24.3 Å². The number of nitrogens with zero attached hydrogens (tertiary/aromatic N) is 3. The maximum atomic E-state index is 11.9. The van der Waals surface area contributed by atoms with Crippen molar-refractivity contribution in [2.24, 2.45) is 0 Å². The average molecular weight is 343 g/mol. The Balaban J connectivity index is 1.39. The van der Waals surface area contributed by atoms with Crippen LogP contribution >= 0.6 is 11.8 Å². The Hall–Kier alpha value is -2.19. The molecule has 2 aromatic heterocycles. The highest BCUT2D eigenvalue weighted by Gasteiger charge is 2.16. The number of hydrogen-bond acceptors (Lipinski definition) is 6. The summed E-state index contributed by atoms with van der Waals surface area (Å²) < 4.78 is 5.48. The molecule has 0 bridgehead atoms. The van der Waals surface area contributed by atoms with Crippen LogP contribution in [0.25, 0.3) is 22.1 Å². The third-order valence-corrected chi connectivity index (χ3v) is 4.82. The molecular formula is C16H17N5O2S. The summed E-state index contributed by atoms with van der Waals surface area (Å²) in [5, 5.41) is 12.7. The van der Waals surface area contributed by atoms with E-state index in [-0.39, 0.29) is 17.8 Å². The smallest absolute Gasteiger partial charge is 0.230 e. The van der Waals surface area contributed by atoms with Crippen molar-refractivity contribution < 1.29 is 9.53 Å². The van der Waals surface area contributed by atoms with Gasteiger partial charge in [0, 0.05) is 24.1 Å². The van der Waals surface area contributed by atoms with Crippen LogP contribution in [0.5, 0.6) is 0 Å². The maximum Gasteiger partial charge on any atom is 0.230 e. The Morgan fingerprint density at radius 1 is 1.38 bits per heavy atom. The predicted molar refractivity (Wildman–Crippen MR) is 91.9 cm³/mol. The molecule has 124 valence electrons. The predicted octanol–water partition coefficient (Wildman–Crippen LogP) is 1.89. The van der Waals surface area contributed by atoms with Gasteiger partial charge in [0.1, 0.15) is 5.52 Å². The number of carbonyl (C=O) groups excluding carboxylic acids is 1. The number of nitrogens with one attached hydrogen (secondary N) is 2. The Labute approximate surface area is 142 Å². The first-order valence-corrected chi connectivity index (χ1v) is 8.90. The molecule has 7 nitrogen and oxygen atoms in total. The van der Waals surface area contributed by atoms with Crippen LogP contribution < -0.4 is 5.32 Å². The lowest BCUT2D eigenvalue weighted by atomic mass is 10.2. The number of hydrogen-bond donors (Lipinski definition) is 2. The summed E-state index contributed by atoms with van der Waals surface area (Å²) in [6.07, 6.45) is 2.23. The molecule has 1 amide bonds. The highest BCUT2D eigenvalue weighted by atomic mass is 32.2. The Bertz CT molecular complexity index is 875. The molecule has 0 unspecified atom stereocenters. The fraction of sp³-hybridized carbons (Fsp3) is 0.375. The van der Waals surface area contributed by atoms with Gasteiger partial charge in [0.2, 0.25) is 11.1 Å². The monoisotopic (exact) mass is 343 g/mol. The molecule has 1 fully saturated rings. The van der Waals surface area contributed by atoms with E-state index in [1.165, 1.54) is 11.8 Å². The number of aromatic nitrogens is 4. The Morgan fingerprint density at radius 2 is 2.29 bits per heavy atom. The molecule has 1 aromatic carbocycles. The SMILES string of the molecule is O=C(CSc1nnc2c(n1)[nH]c1ccccc12)NC[C@@H]1CCCO1. The summed E-state index contributed by atoms with van der Waals surface area (Å²) in [4.78, 5) is 19.6. The van der Waals surface area contributed by atoms with Crippen LogP contribution in [0.4, 0.5) is 0 Å². The minimum atomic E-state index is -0.0455. The first kappa shape index (κ1) is 15.3. The number of ether oxygens (including phenoxy) is 1. The molecule has 0 spiro atoms. The van der Waals surface area contributed by atoms with Crippen molar-refractivity contribution in [3.8, 4) is 0 Å². The van der Waals surface area contributed by atoms with Gasteiger partial charge in [-0.25, -0.2) is 4.98 Å². The van der Waals surface area contributed by atoms with Crippen LogP contribution in [0.2, 0.25) is 0 Å². The van der Waals surface area contributed by atoms with Gasteiger partial charge >= 0.3 is 0 Å². The lowest BCUT2D eigenvalue weighted by molar-refractivity contribution is -0.119. The van der Waals surface area contributed by atoms with Crippen molar-refractivity contribution in [2.75, 3.05) is 18.9 Å². The molecule has 3 heterocycles. The van der Waals surface area contributed by atoms with Crippen molar-refractivity contribution >= 4 is 39.7 Å². The van der Waals surface area contributed by atoms with Crippen LogP contribution in [0.3, 0.4) is 0 Å². The third kappa shape index (κ3) is 3.20. The second-order valence-electron chi connectivity index (χ2n) is 5.69. The van der Waals surface area contributed by atoms with Crippen molar-refractivity contribution in [3.63, 3.8) is 0 Å². The van der Waals surface area contributed by atoms with E-state index in [4.69, 9.17) is 4.74 Å². The van der Waals surface area contributed by atoms with Gasteiger partial charge < -0.3 is 15.0 Å². The molecule has 0 aliphatic carbocycles.